The molecule has 5 aromatic rings. The zero-order valence-electron chi connectivity index (χ0n) is 24.0. The van der Waals surface area contributed by atoms with Crippen molar-refractivity contribution in [2.45, 2.75) is 37.8 Å². The van der Waals surface area contributed by atoms with Gasteiger partial charge in [-0.25, -0.2) is 24.3 Å². The number of hydrogen-bond donors (Lipinski definition) is 2. The average Bonchev–Trinajstić information content (AvgIpc) is 3.46. The van der Waals surface area contributed by atoms with Crippen molar-refractivity contribution in [1.29, 1.82) is 5.26 Å². The number of rotatable bonds is 8. The van der Waals surface area contributed by atoms with Crippen molar-refractivity contribution >= 4 is 39.8 Å². The Morgan fingerprint density at radius 3 is 2.50 bits per heavy atom. The lowest BCUT2D eigenvalue weighted by atomic mass is 10.1. The third-order valence-corrected chi connectivity index (χ3v) is 9.09. The number of pyridine rings is 1. The molecule has 0 atom stereocenters. The second-order valence-electron chi connectivity index (χ2n) is 11.1. The number of nitrogens with one attached hydrogen (secondary N) is 1. The molecular formula is C31H28FN9O2S. The van der Waals surface area contributed by atoms with Crippen molar-refractivity contribution in [3.63, 3.8) is 0 Å². The largest absolute Gasteiger partial charge is 0.380 e. The molecule has 1 aromatic carbocycles. The van der Waals surface area contributed by atoms with Crippen LogP contribution in [0.4, 0.5) is 21.3 Å². The molecule has 4 aromatic heterocycles. The molecule has 0 unspecified atom stereocenters. The Kier molecular flexibility index (Phi) is 6.75. The predicted octanol–water partition coefficient (Wildman–Crippen LogP) is 4.09. The van der Waals surface area contributed by atoms with E-state index in [0.717, 1.165) is 28.3 Å². The summed E-state index contributed by atoms with van der Waals surface area (Å²) in [6, 6.07) is 12.1. The molecule has 0 radical (unpaired) electrons. The van der Waals surface area contributed by atoms with Crippen LogP contribution in [0.5, 0.6) is 0 Å². The van der Waals surface area contributed by atoms with E-state index in [9.17, 15) is 19.6 Å². The van der Waals surface area contributed by atoms with E-state index in [1.807, 2.05) is 46.5 Å². The van der Waals surface area contributed by atoms with E-state index in [-0.39, 0.29) is 17.8 Å². The van der Waals surface area contributed by atoms with Crippen LogP contribution < -0.4 is 15.1 Å². The Balaban J connectivity index is 1.13. The Morgan fingerprint density at radius 1 is 1.14 bits per heavy atom. The van der Waals surface area contributed by atoms with Crippen molar-refractivity contribution in [2.75, 3.05) is 29.9 Å². The molecular weight excluding hydrogens is 581 g/mol. The number of aliphatic hydroxyl groups is 1. The number of benzene rings is 1. The zero-order valence-corrected chi connectivity index (χ0v) is 24.8. The Hall–Kier alpha value is -4.93. The quantitative estimate of drug-likeness (QED) is 0.267. The standard InChI is InChI=1S/C31H28FN9O2S/c1-3-23-27(39(2)30-38-26(24(12-33)44-30)18-4-7-21(32)8-5-18)41-15-19(6-9-25(41)37-23)20-13-34-29(35-14-20)40-16-22(17-40)36-28(42)31(43)10-11-31/h4-9,13-15,22,43H,3,10-11,16-17H2,1-2H3,(H,36,42). The molecule has 0 bridgehead atoms. The van der Waals surface area contributed by atoms with Crippen LogP contribution in [0.2, 0.25) is 0 Å². The fourth-order valence-corrected chi connectivity index (χ4v) is 6.15. The van der Waals surface area contributed by atoms with Gasteiger partial charge in [0, 0.05) is 55.4 Å². The van der Waals surface area contributed by atoms with E-state index in [1.54, 1.807) is 24.5 Å². The number of halogens is 1. The molecule has 44 heavy (non-hydrogen) atoms. The summed E-state index contributed by atoms with van der Waals surface area (Å²) in [5.41, 5.74) is 3.39. The minimum absolute atomic E-state index is 0.0314. The first kappa shape index (κ1) is 27.9. The summed E-state index contributed by atoms with van der Waals surface area (Å²) in [5, 5.41) is 23.3. The summed E-state index contributed by atoms with van der Waals surface area (Å²) in [4.78, 5) is 35.2. The van der Waals surface area contributed by atoms with Gasteiger partial charge < -0.3 is 20.2 Å². The summed E-state index contributed by atoms with van der Waals surface area (Å²) in [5.74, 6) is 0.767. The first-order valence-electron chi connectivity index (χ1n) is 14.3. The molecule has 222 valence electrons. The molecule has 1 amide bonds. The predicted molar refractivity (Wildman–Crippen MR) is 164 cm³/mol. The Bertz CT molecular complexity index is 1920. The van der Waals surface area contributed by atoms with Gasteiger partial charge in [-0.15, -0.1) is 0 Å². The first-order valence-corrected chi connectivity index (χ1v) is 15.1. The maximum Gasteiger partial charge on any atom is 0.252 e. The van der Waals surface area contributed by atoms with Gasteiger partial charge in [0.25, 0.3) is 5.91 Å². The maximum absolute atomic E-state index is 13.5. The smallest absolute Gasteiger partial charge is 0.252 e. The first-order chi connectivity index (χ1) is 21.3. The van der Waals surface area contributed by atoms with Crippen molar-refractivity contribution in [3.8, 4) is 28.5 Å². The van der Waals surface area contributed by atoms with E-state index in [0.29, 0.717) is 59.6 Å². The van der Waals surface area contributed by atoms with Gasteiger partial charge in [0.1, 0.15) is 39.5 Å². The van der Waals surface area contributed by atoms with Crippen molar-refractivity contribution in [3.05, 3.63) is 71.4 Å². The lowest BCUT2D eigenvalue weighted by Gasteiger charge is -2.39. The van der Waals surface area contributed by atoms with Crippen LogP contribution in [0.25, 0.3) is 28.0 Å². The average molecular weight is 610 g/mol. The number of nitrogens with zero attached hydrogens (tertiary/aromatic N) is 8. The van der Waals surface area contributed by atoms with Gasteiger partial charge in [-0.3, -0.25) is 9.20 Å². The lowest BCUT2D eigenvalue weighted by molar-refractivity contribution is -0.132. The summed E-state index contributed by atoms with van der Waals surface area (Å²) in [7, 11) is 1.90. The number of hydrogen-bond acceptors (Lipinski definition) is 10. The fourth-order valence-electron chi connectivity index (χ4n) is 5.30. The van der Waals surface area contributed by atoms with E-state index < -0.39 is 5.60 Å². The van der Waals surface area contributed by atoms with Gasteiger partial charge in [-0.1, -0.05) is 18.3 Å². The highest BCUT2D eigenvalue weighted by molar-refractivity contribution is 7.16. The summed E-state index contributed by atoms with van der Waals surface area (Å²) in [6.45, 7) is 3.22. The van der Waals surface area contributed by atoms with Gasteiger partial charge in [-0.05, 0) is 55.7 Å². The van der Waals surface area contributed by atoms with Crippen LogP contribution in [0.15, 0.2) is 55.0 Å². The van der Waals surface area contributed by atoms with E-state index >= 15 is 0 Å². The number of carbonyl (C=O) groups excluding carboxylic acids is 1. The molecule has 2 aliphatic rings. The SMILES string of the molecule is CCc1nc2ccc(-c3cnc(N4CC(NC(=O)C5(O)CC5)C4)nc3)cn2c1N(C)c1nc(-c2ccc(F)cc2)c(C#N)s1. The normalized spacial score (nSPS) is 15.6. The minimum atomic E-state index is -1.17. The lowest BCUT2D eigenvalue weighted by Crippen LogP contribution is -2.61. The van der Waals surface area contributed by atoms with Gasteiger partial charge >= 0.3 is 0 Å². The summed E-state index contributed by atoms with van der Waals surface area (Å²) in [6.07, 6.45) is 7.27. The van der Waals surface area contributed by atoms with Crippen LogP contribution in [0, 0.1) is 17.1 Å². The van der Waals surface area contributed by atoms with Crippen molar-refractivity contribution in [1.82, 2.24) is 29.7 Å². The van der Waals surface area contributed by atoms with Crippen molar-refractivity contribution in [2.24, 2.45) is 0 Å². The van der Waals surface area contributed by atoms with Gasteiger partial charge in [0.05, 0.1) is 11.7 Å². The molecule has 2 N–H and O–H groups in total. The van der Waals surface area contributed by atoms with Crippen LogP contribution in [-0.2, 0) is 11.2 Å². The third-order valence-electron chi connectivity index (χ3n) is 8.05. The number of aromatic nitrogens is 5. The van der Waals surface area contributed by atoms with E-state index in [1.165, 1.54) is 23.5 Å². The van der Waals surface area contributed by atoms with Gasteiger partial charge in [-0.2, -0.15) is 5.26 Å². The van der Waals surface area contributed by atoms with Crippen LogP contribution in [0.3, 0.4) is 0 Å². The summed E-state index contributed by atoms with van der Waals surface area (Å²) >= 11 is 1.27. The molecule has 1 saturated heterocycles. The molecule has 2 fully saturated rings. The van der Waals surface area contributed by atoms with E-state index in [2.05, 4.69) is 21.4 Å². The molecule has 1 saturated carbocycles. The third kappa shape index (κ3) is 4.91. The number of fused-ring (bicyclic) bond motifs is 1. The number of anilines is 3. The topological polar surface area (TPSA) is 136 Å². The number of imidazole rings is 1. The Morgan fingerprint density at radius 2 is 1.84 bits per heavy atom. The molecule has 13 heteroatoms. The van der Waals surface area contributed by atoms with Gasteiger partial charge in [0.15, 0.2) is 5.13 Å². The molecule has 1 aliphatic carbocycles. The molecule has 0 spiro atoms. The van der Waals surface area contributed by atoms with Crippen LogP contribution in [0.1, 0.15) is 30.3 Å². The van der Waals surface area contributed by atoms with E-state index in [4.69, 9.17) is 9.97 Å². The zero-order chi connectivity index (χ0) is 30.6. The maximum atomic E-state index is 13.5. The highest BCUT2D eigenvalue weighted by Crippen LogP contribution is 2.38. The van der Waals surface area contributed by atoms with Gasteiger partial charge in [0.2, 0.25) is 5.95 Å². The fraction of sp³-hybridized carbons (Fsp3) is 0.290. The highest BCUT2D eigenvalue weighted by Gasteiger charge is 2.49. The number of aryl methyl sites for hydroxylation is 1. The highest BCUT2D eigenvalue weighted by atomic mass is 32.1. The van der Waals surface area contributed by atoms with Crippen molar-refractivity contribution < 1.29 is 14.3 Å². The molecule has 7 rings (SSSR count). The summed E-state index contributed by atoms with van der Waals surface area (Å²) < 4.78 is 15.5. The number of carbonyl (C=O) groups is 1. The van der Waals surface area contributed by atoms with Crippen LogP contribution in [-0.4, -0.2) is 67.1 Å². The number of amides is 1. The van der Waals surface area contributed by atoms with Crippen LogP contribution >= 0.6 is 11.3 Å². The number of nitriles is 1. The Labute approximate surface area is 256 Å². The molecule has 1 aliphatic heterocycles. The second kappa shape index (κ2) is 10.7. The monoisotopic (exact) mass is 609 g/mol. The second-order valence-corrected chi connectivity index (χ2v) is 12.1. The molecule has 11 nitrogen and oxygen atoms in total. The minimum Gasteiger partial charge on any atom is -0.380 e. The molecule has 5 heterocycles. The number of thiazole rings is 1.